The molecule has 3 aromatic rings. The highest BCUT2D eigenvalue weighted by Crippen LogP contribution is 2.27. The highest BCUT2D eigenvalue weighted by Gasteiger charge is 2.32. The minimum absolute atomic E-state index is 0. The highest BCUT2D eigenvalue weighted by molar-refractivity contribution is 14.0. The maximum absolute atomic E-state index is 12.7. The summed E-state index contributed by atoms with van der Waals surface area (Å²) in [6, 6.07) is 7.16. The topological polar surface area (TPSA) is 90.0 Å². The van der Waals surface area contributed by atoms with Crippen LogP contribution in [0.5, 0.6) is 0 Å². The van der Waals surface area contributed by atoms with Gasteiger partial charge in [-0.15, -0.1) is 24.0 Å². The van der Waals surface area contributed by atoms with Crippen LogP contribution in [0.4, 0.5) is 19.1 Å². The number of H-pyrrole nitrogens is 1. The van der Waals surface area contributed by atoms with E-state index in [0.717, 1.165) is 24.2 Å². The summed E-state index contributed by atoms with van der Waals surface area (Å²) in [5, 5.41) is 10.3. The Balaban J connectivity index is 0.00000341. The Kier molecular flexibility index (Phi) is 8.89. The number of benzene rings is 1. The van der Waals surface area contributed by atoms with Crippen LogP contribution < -0.4 is 16.0 Å². The number of aliphatic imine (C=N–C) groups is 1. The van der Waals surface area contributed by atoms with Crippen molar-refractivity contribution in [1.82, 2.24) is 25.6 Å². The Bertz CT molecular complexity index is 1020. The molecule has 2 aromatic heterocycles. The molecule has 0 saturated heterocycles. The quantitative estimate of drug-likeness (QED) is 0.157. The second kappa shape index (κ2) is 11.2. The summed E-state index contributed by atoms with van der Waals surface area (Å²) in [6.45, 7) is 3.52. The number of fused-ring (bicyclic) bond motifs is 1. The first-order chi connectivity index (χ1) is 14.4. The van der Waals surface area contributed by atoms with Crippen LogP contribution in [0.25, 0.3) is 10.9 Å². The van der Waals surface area contributed by atoms with Crippen molar-refractivity contribution >= 4 is 46.8 Å². The third-order valence-electron chi connectivity index (χ3n) is 4.48. The lowest BCUT2D eigenvalue weighted by molar-refractivity contribution is -0.141. The van der Waals surface area contributed by atoms with Gasteiger partial charge in [-0.05, 0) is 36.6 Å². The molecule has 0 aliphatic carbocycles. The zero-order valence-electron chi connectivity index (χ0n) is 17.2. The number of hydrogen-bond acceptors (Lipinski definition) is 4. The number of halogens is 4. The fraction of sp³-hybridized carbons (Fsp3) is 0.350. The molecule has 7 nitrogen and oxygen atoms in total. The van der Waals surface area contributed by atoms with E-state index in [1.807, 2.05) is 6.20 Å². The molecule has 11 heteroatoms. The first-order valence-corrected chi connectivity index (χ1v) is 9.52. The maximum atomic E-state index is 12.7. The SMILES string of the molecule is CN=C(NCCNc1nccc(C(F)(F)F)n1)NCCc1c[nH]c2cc(C)ccc12.I. The lowest BCUT2D eigenvalue weighted by atomic mass is 10.1. The fourth-order valence-corrected chi connectivity index (χ4v) is 3.00. The monoisotopic (exact) mass is 547 g/mol. The molecule has 0 atom stereocenters. The molecule has 168 valence electrons. The zero-order valence-corrected chi connectivity index (χ0v) is 19.5. The van der Waals surface area contributed by atoms with Crippen molar-refractivity contribution < 1.29 is 13.2 Å². The van der Waals surface area contributed by atoms with Gasteiger partial charge in [0, 0.05) is 50.0 Å². The summed E-state index contributed by atoms with van der Waals surface area (Å²) in [5.74, 6) is 0.543. The third-order valence-corrected chi connectivity index (χ3v) is 4.48. The average molecular weight is 547 g/mol. The number of aromatic nitrogens is 3. The van der Waals surface area contributed by atoms with Gasteiger partial charge in [0.05, 0.1) is 0 Å². The second-order valence-electron chi connectivity index (χ2n) is 6.73. The van der Waals surface area contributed by atoms with Crippen molar-refractivity contribution in [3.8, 4) is 0 Å². The van der Waals surface area contributed by atoms with Crippen LogP contribution in [-0.4, -0.2) is 47.6 Å². The summed E-state index contributed by atoms with van der Waals surface area (Å²) in [4.78, 5) is 14.7. The van der Waals surface area contributed by atoms with Crippen molar-refractivity contribution in [3.05, 3.63) is 53.5 Å². The standard InChI is InChI=1S/C20H24F3N7.HI/c1-13-3-4-15-14(12-29-16(15)11-13)5-7-25-18(24-2)27-9-10-28-19-26-8-6-17(30-19)20(21,22)23;/h3-4,6,8,11-12,29H,5,7,9-10H2,1-2H3,(H2,24,25,27)(H,26,28,30);1H. The van der Waals surface area contributed by atoms with Gasteiger partial charge in [-0.2, -0.15) is 13.2 Å². The summed E-state index contributed by atoms with van der Waals surface area (Å²) in [5.41, 5.74) is 2.58. The molecule has 4 N–H and O–H groups in total. The minimum Gasteiger partial charge on any atom is -0.361 e. The molecule has 0 aliphatic rings. The smallest absolute Gasteiger partial charge is 0.361 e. The number of nitrogens with zero attached hydrogens (tertiary/aromatic N) is 3. The lowest BCUT2D eigenvalue weighted by Gasteiger charge is -2.12. The molecule has 0 bridgehead atoms. The number of nitrogens with one attached hydrogen (secondary N) is 4. The van der Waals surface area contributed by atoms with Crippen molar-refractivity contribution in [2.75, 3.05) is 32.0 Å². The molecule has 1 aromatic carbocycles. The van der Waals surface area contributed by atoms with Crippen LogP contribution in [0.1, 0.15) is 16.8 Å². The number of rotatable bonds is 7. The molecule has 0 fully saturated rings. The van der Waals surface area contributed by atoms with Gasteiger partial charge in [0.25, 0.3) is 0 Å². The Morgan fingerprint density at radius 1 is 1.13 bits per heavy atom. The molecule has 0 amide bonds. The van der Waals surface area contributed by atoms with Crippen molar-refractivity contribution in [2.24, 2.45) is 4.99 Å². The molecule has 0 radical (unpaired) electrons. The molecule has 0 saturated carbocycles. The third kappa shape index (κ3) is 6.97. The molecule has 0 aliphatic heterocycles. The minimum atomic E-state index is -4.49. The van der Waals surface area contributed by atoms with Gasteiger partial charge in [-0.1, -0.05) is 12.1 Å². The lowest BCUT2D eigenvalue weighted by Crippen LogP contribution is -2.40. The molecule has 2 heterocycles. The largest absolute Gasteiger partial charge is 0.433 e. The van der Waals surface area contributed by atoms with Crippen LogP contribution in [0.3, 0.4) is 0 Å². The summed E-state index contributed by atoms with van der Waals surface area (Å²) >= 11 is 0. The molecule has 3 rings (SSSR count). The molecule has 0 unspecified atom stereocenters. The molecule has 31 heavy (non-hydrogen) atoms. The van der Waals surface area contributed by atoms with Crippen molar-refractivity contribution in [3.63, 3.8) is 0 Å². The first kappa shape index (κ1) is 24.7. The number of hydrogen-bond donors (Lipinski definition) is 4. The van der Waals surface area contributed by atoms with E-state index >= 15 is 0 Å². The predicted octanol–water partition coefficient (Wildman–Crippen LogP) is 3.72. The van der Waals surface area contributed by atoms with Crippen LogP contribution in [0, 0.1) is 6.92 Å². The van der Waals surface area contributed by atoms with Crippen molar-refractivity contribution in [2.45, 2.75) is 19.5 Å². The van der Waals surface area contributed by atoms with E-state index in [0.29, 0.717) is 25.6 Å². The number of aryl methyl sites for hydroxylation is 1. The van der Waals surface area contributed by atoms with E-state index in [1.165, 1.54) is 16.5 Å². The van der Waals surface area contributed by atoms with Gasteiger partial charge in [0.1, 0.15) is 5.69 Å². The Morgan fingerprint density at radius 2 is 1.90 bits per heavy atom. The van der Waals surface area contributed by atoms with E-state index in [4.69, 9.17) is 0 Å². The Hall–Kier alpha value is -2.57. The van der Waals surface area contributed by atoms with E-state index in [2.05, 4.69) is 61.0 Å². The van der Waals surface area contributed by atoms with Gasteiger partial charge in [-0.3, -0.25) is 4.99 Å². The Morgan fingerprint density at radius 3 is 2.65 bits per heavy atom. The van der Waals surface area contributed by atoms with Gasteiger partial charge < -0.3 is 20.9 Å². The summed E-state index contributed by atoms with van der Waals surface area (Å²) in [7, 11) is 1.66. The van der Waals surface area contributed by atoms with Gasteiger partial charge >= 0.3 is 6.18 Å². The van der Waals surface area contributed by atoms with Crippen LogP contribution >= 0.6 is 24.0 Å². The summed E-state index contributed by atoms with van der Waals surface area (Å²) < 4.78 is 38.0. The van der Waals surface area contributed by atoms with Crippen LogP contribution in [0.15, 0.2) is 41.7 Å². The van der Waals surface area contributed by atoms with E-state index in [9.17, 15) is 13.2 Å². The van der Waals surface area contributed by atoms with Crippen LogP contribution in [-0.2, 0) is 12.6 Å². The second-order valence-corrected chi connectivity index (χ2v) is 6.73. The predicted molar refractivity (Wildman–Crippen MR) is 127 cm³/mol. The molecular formula is C20H25F3IN7. The molecule has 0 spiro atoms. The van der Waals surface area contributed by atoms with E-state index < -0.39 is 11.9 Å². The van der Waals surface area contributed by atoms with Gasteiger partial charge in [0.15, 0.2) is 5.96 Å². The van der Waals surface area contributed by atoms with E-state index in [1.54, 1.807) is 7.05 Å². The normalized spacial score (nSPS) is 11.8. The zero-order chi connectivity index (χ0) is 21.6. The maximum Gasteiger partial charge on any atom is 0.433 e. The number of alkyl halides is 3. The fourth-order valence-electron chi connectivity index (χ4n) is 3.00. The number of guanidine groups is 1. The highest BCUT2D eigenvalue weighted by atomic mass is 127. The van der Waals surface area contributed by atoms with Gasteiger partial charge in [0.2, 0.25) is 5.95 Å². The summed E-state index contributed by atoms with van der Waals surface area (Å²) in [6.07, 6.45) is -0.577. The van der Waals surface area contributed by atoms with E-state index in [-0.39, 0.29) is 29.9 Å². The van der Waals surface area contributed by atoms with Crippen molar-refractivity contribution in [1.29, 1.82) is 0 Å². The Labute approximate surface area is 195 Å². The number of anilines is 1. The molecular weight excluding hydrogens is 522 g/mol. The average Bonchev–Trinajstić information content (AvgIpc) is 3.11. The first-order valence-electron chi connectivity index (χ1n) is 9.52. The van der Waals surface area contributed by atoms with Crippen LogP contribution in [0.2, 0.25) is 0 Å². The number of aromatic amines is 1. The van der Waals surface area contributed by atoms with Gasteiger partial charge in [-0.25, -0.2) is 9.97 Å².